The number of hydrogen-bond acceptors (Lipinski definition) is 4. The second-order valence-electron chi connectivity index (χ2n) is 8.04. The molecule has 0 heterocycles. The summed E-state index contributed by atoms with van der Waals surface area (Å²) in [5.41, 5.74) is 0.918. The van der Waals surface area contributed by atoms with Crippen LogP contribution in [0.1, 0.15) is 11.7 Å². The summed E-state index contributed by atoms with van der Waals surface area (Å²) in [6, 6.07) is 38.1. The Kier molecular flexibility index (Phi) is 7.60. The van der Waals surface area contributed by atoms with Crippen LogP contribution in [-0.4, -0.2) is 28.5 Å². The smallest absolute Gasteiger partial charge is 0.336 e. The van der Waals surface area contributed by atoms with Crippen LogP contribution in [0.3, 0.4) is 0 Å². The standard InChI is InChI=1S/C30H28O4Si/c1-23(30(31)33-3)29(27-21-13-14-22-28(27)32-2)34-35(24-15-7-4-8-16-24,25-17-9-5-10-18-25)26-19-11-6-12-20-26/h4-22,29H,1H2,2-3H3/t29-/m1/s1. The van der Waals surface area contributed by atoms with Gasteiger partial charge in [0, 0.05) is 5.56 Å². The van der Waals surface area contributed by atoms with E-state index in [9.17, 15) is 4.79 Å². The van der Waals surface area contributed by atoms with Crippen LogP contribution in [0.5, 0.6) is 5.75 Å². The largest absolute Gasteiger partial charge is 0.496 e. The number of ether oxygens (including phenoxy) is 2. The van der Waals surface area contributed by atoms with Gasteiger partial charge in [-0.1, -0.05) is 116 Å². The van der Waals surface area contributed by atoms with Gasteiger partial charge in [0.2, 0.25) is 0 Å². The van der Waals surface area contributed by atoms with E-state index in [-0.39, 0.29) is 5.57 Å². The number of rotatable bonds is 9. The van der Waals surface area contributed by atoms with E-state index in [1.54, 1.807) is 7.11 Å². The van der Waals surface area contributed by atoms with Gasteiger partial charge >= 0.3 is 5.97 Å². The van der Waals surface area contributed by atoms with Crippen molar-refractivity contribution < 1.29 is 18.7 Å². The highest BCUT2D eigenvalue weighted by Crippen LogP contribution is 2.35. The van der Waals surface area contributed by atoms with E-state index in [1.165, 1.54) is 7.11 Å². The van der Waals surface area contributed by atoms with E-state index in [1.807, 2.05) is 78.9 Å². The summed E-state index contributed by atoms with van der Waals surface area (Å²) in [7, 11) is -0.196. The third-order valence-electron chi connectivity index (χ3n) is 6.02. The number of hydrogen-bond donors (Lipinski definition) is 0. The van der Waals surface area contributed by atoms with Crippen molar-refractivity contribution in [3.63, 3.8) is 0 Å². The molecule has 4 aromatic rings. The minimum atomic E-state index is -3.15. The molecule has 0 aliphatic heterocycles. The lowest BCUT2D eigenvalue weighted by molar-refractivity contribution is -0.137. The van der Waals surface area contributed by atoms with E-state index in [4.69, 9.17) is 13.9 Å². The number of benzene rings is 4. The zero-order chi connectivity index (χ0) is 24.7. The van der Waals surface area contributed by atoms with E-state index in [0.717, 1.165) is 15.6 Å². The van der Waals surface area contributed by atoms with Crippen LogP contribution in [-0.2, 0) is 14.0 Å². The van der Waals surface area contributed by atoms with Crippen molar-refractivity contribution in [1.82, 2.24) is 0 Å². The van der Waals surface area contributed by atoms with E-state index in [0.29, 0.717) is 11.3 Å². The van der Waals surface area contributed by atoms with Gasteiger partial charge in [-0.15, -0.1) is 0 Å². The van der Waals surface area contributed by atoms with Gasteiger partial charge in [0.05, 0.1) is 19.8 Å². The van der Waals surface area contributed by atoms with Crippen LogP contribution in [0.4, 0.5) is 0 Å². The molecule has 176 valence electrons. The maximum Gasteiger partial charge on any atom is 0.336 e. The summed E-state index contributed by atoms with van der Waals surface area (Å²) >= 11 is 0. The zero-order valence-corrected chi connectivity index (χ0v) is 20.9. The molecule has 4 aromatic carbocycles. The van der Waals surface area contributed by atoms with Crippen LogP contribution >= 0.6 is 0 Å². The third kappa shape index (κ3) is 4.82. The molecule has 0 N–H and O–H groups in total. The number of methoxy groups -OCH3 is 2. The maximum absolute atomic E-state index is 12.8. The Balaban J connectivity index is 2.02. The first-order valence-electron chi connectivity index (χ1n) is 11.4. The number of carbonyl (C=O) groups excluding carboxylic acids is 1. The molecule has 0 aliphatic rings. The Morgan fingerprint density at radius 3 is 1.54 bits per heavy atom. The molecule has 5 heteroatoms. The first-order chi connectivity index (χ1) is 17.1. The van der Waals surface area contributed by atoms with E-state index < -0.39 is 20.4 Å². The van der Waals surface area contributed by atoms with Crippen molar-refractivity contribution in [3.8, 4) is 5.75 Å². The maximum atomic E-state index is 12.8. The summed E-state index contributed by atoms with van der Waals surface area (Å²) in [6.07, 6.45) is -0.800. The van der Waals surface area contributed by atoms with Crippen molar-refractivity contribution in [3.05, 3.63) is 133 Å². The lowest BCUT2D eigenvalue weighted by Gasteiger charge is -2.37. The monoisotopic (exact) mass is 480 g/mol. The average Bonchev–Trinajstić information content (AvgIpc) is 2.94. The highest BCUT2D eigenvalue weighted by atomic mass is 28.4. The zero-order valence-electron chi connectivity index (χ0n) is 19.9. The SMILES string of the molecule is C=C(C(=O)OC)[C@@H](O[Si](c1ccccc1)(c1ccccc1)c1ccccc1)c1ccccc1OC. The summed E-state index contributed by atoms with van der Waals surface area (Å²) in [5.74, 6) is 0.0811. The molecule has 0 fully saturated rings. The van der Waals surface area contributed by atoms with Gasteiger partial charge < -0.3 is 13.9 Å². The molecule has 0 radical (unpaired) electrons. The summed E-state index contributed by atoms with van der Waals surface area (Å²) in [6.45, 7) is 4.11. The van der Waals surface area contributed by atoms with E-state index >= 15 is 0 Å². The van der Waals surface area contributed by atoms with Crippen LogP contribution in [0.2, 0.25) is 0 Å². The molecule has 0 saturated carbocycles. The van der Waals surface area contributed by atoms with Crippen molar-refractivity contribution in [2.24, 2.45) is 0 Å². The quantitative estimate of drug-likeness (QED) is 0.156. The molecule has 4 nitrogen and oxygen atoms in total. The number of esters is 1. The first kappa shape index (κ1) is 24.2. The first-order valence-corrected chi connectivity index (χ1v) is 13.3. The van der Waals surface area contributed by atoms with E-state index in [2.05, 4.69) is 43.0 Å². The summed E-state index contributed by atoms with van der Waals surface area (Å²) < 4.78 is 18.0. The van der Waals surface area contributed by atoms with Crippen molar-refractivity contribution >= 4 is 29.8 Å². The predicted octanol–water partition coefficient (Wildman–Crippen LogP) is 4.15. The summed E-state index contributed by atoms with van der Waals surface area (Å²) in [4.78, 5) is 12.8. The van der Waals surface area contributed by atoms with Gasteiger partial charge in [-0.3, -0.25) is 0 Å². The van der Waals surface area contributed by atoms with Gasteiger partial charge in [-0.05, 0) is 21.6 Å². The molecule has 0 bridgehead atoms. The fourth-order valence-electron chi connectivity index (χ4n) is 4.34. The normalized spacial score (nSPS) is 11.9. The fraction of sp³-hybridized carbons (Fsp3) is 0.100. The predicted molar refractivity (Wildman–Crippen MR) is 142 cm³/mol. The Labute approximate surface area is 207 Å². The lowest BCUT2D eigenvalue weighted by atomic mass is 10.0. The average molecular weight is 481 g/mol. The van der Waals surface area contributed by atoms with Crippen molar-refractivity contribution in [2.45, 2.75) is 6.10 Å². The molecule has 0 saturated heterocycles. The van der Waals surface area contributed by atoms with Gasteiger partial charge in [-0.25, -0.2) is 4.79 Å². The fourth-order valence-corrected chi connectivity index (χ4v) is 8.36. The Morgan fingerprint density at radius 2 is 1.11 bits per heavy atom. The van der Waals surface area contributed by atoms with Crippen molar-refractivity contribution in [2.75, 3.05) is 14.2 Å². The number of carbonyl (C=O) groups is 1. The Morgan fingerprint density at radius 1 is 0.686 bits per heavy atom. The molecule has 0 amide bonds. The van der Waals surface area contributed by atoms with Gasteiger partial charge in [0.15, 0.2) is 0 Å². The van der Waals surface area contributed by atoms with Crippen LogP contribution in [0.25, 0.3) is 0 Å². The topological polar surface area (TPSA) is 44.8 Å². The molecule has 4 rings (SSSR count). The van der Waals surface area contributed by atoms with Crippen LogP contribution < -0.4 is 20.3 Å². The lowest BCUT2D eigenvalue weighted by Crippen LogP contribution is -2.69. The molecular formula is C30H28O4Si. The molecule has 0 unspecified atom stereocenters. The molecule has 1 atom stereocenters. The van der Waals surface area contributed by atoms with Gasteiger partial charge in [0.25, 0.3) is 8.32 Å². The molecule has 35 heavy (non-hydrogen) atoms. The van der Waals surface area contributed by atoms with Crippen molar-refractivity contribution in [1.29, 1.82) is 0 Å². The van der Waals surface area contributed by atoms with Crippen LogP contribution in [0.15, 0.2) is 127 Å². The minimum absolute atomic E-state index is 0.205. The molecule has 0 spiro atoms. The molecule has 0 aromatic heterocycles. The highest BCUT2D eigenvalue weighted by Gasteiger charge is 2.45. The number of para-hydroxylation sites is 1. The second kappa shape index (κ2) is 11.0. The third-order valence-corrected chi connectivity index (χ3v) is 10.0. The summed E-state index contributed by atoms with van der Waals surface area (Å²) in [5, 5.41) is 3.15. The van der Waals surface area contributed by atoms with Gasteiger partial charge in [-0.2, -0.15) is 0 Å². The molecule has 0 aliphatic carbocycles. The second-order valence-corrected chi connectivity index (χ2v) is 11.4. The highest BCUT2D eigenvalue weighted by molar-refractivity contribution is 7.07. The van der Waals surface area contributed by atoms with Crippen LogP contribution in [0, 0.1) is 0 Å². The Bertz CT molecular complexity index is 1180. The minimum Gasteiger partial charge on any atom is -0.496 e. The van der Waals surface area contributed by atoms with Gasteiger partial charge in [0.1, 0.15) is 11.9 Å². The Hall–Kier alpha value is -3.93. The molecular weight excluding hydrogens is 452 g/mol.